The van der Waals surface area contributed by atoms with E-state index in [2.05, 4.69) is 5.32 Å². The largest absolute Gasteiger partial charge is 0.486 e. The number of carboxylic acid groups (broad SMARTS) is 1. The van der Waals surface area contributed by atoms with E-state index in [1.165, 1.54) is 18.2 Å². The number of rotatable bonds is 6. The lowest BCUT2D eigenvalue weighted by atomic mass is 10.1. The molecule has 3 aromatic rings. The summed E-state index contributed by atoms with van der Waals surface area (Å²) in [6.07, 6.45) is 0. The molecule has 0 amide bonds. The maximum Gasteiger partial charge on any atom is 0.338 e. The number of hydrogen-bond donors (Lipinski definition) is 2. The Morgan fingerprint density at radius 2 is 1.63 bits per heavy atom. The molecule has 0 fully saturated rings. The third kappa shape index (κ3) is 4.03. The van der Waals surface area contributed by atoms with E-state index in [-0.39, 0.29) is 12.3 Å². The van der Waals surface area contributed by atoms with E-state index in [0.717, 1.165) is 12.1 Å². The van der Waals surface area contributed by atoms with Crippen LogP contribution in [0.1, 0.15) is 15.9 Å². The van der Waals surface area contributed by atoms with E-state index in [1.807, 2.05) is 0 Å². The highest BCUT2D eigenvalue weighted by Crippen LogP contribution is 2.33. The first kappa shape index (κ1) is 18.3. The zero-order chi connectivity index (χ0) is 19.4. The van der Waals surface area contributed by atoms with Crippen LogP contribution in [0.15, 0.2) is 60.7 Å². The summed E-state index contributed by atoms with van der Waals surface area (Å²) in [5, 5.41) is 11.7. The lowest BCUT2D eigenvalue weighted by molar-refractivity contribution is 0.0696. The highest BCUT2D eigenvalue weighted by atomic mass is 19.2. The molecule has 0 saturated heterocycles. The molecule has 0 bridgehead atoms. The lowest BCUT2D eigenvalue weighted by Crippen LogP contribution is -2.10. The Labute approximate surface area is 152 Å². The summed E-state index contributed by atoms with van der Waals surface area (Å²) in [7, 11) is 0. The van der Waals surface area contributed by atoms with Gasteiger partial charge in [0.1, 0.15) is 12.4 Å². The van der Waals surface area contributed by atoms with Gasteiger partial charge in [-0.05, 0) is 17.7 Å². The summed E-state index contributed by atoms with van der Waals surface area (Å²) in [5.74, 6) is -5.64. The van der Waals surface area contributed by atoms with Crippen LogP contribution in [0.3, 0.4) is 0 Å². The van der Waals surface area contributed by atoms with E-state index in [0.29, 0.717) is 5.56 Å². The minimum Gasteiger partial charge on any atom is -0.486 e. The third-order valence-electron chi connectivity index (χ3n) is 3.77. The van der Waals surface area contributed by atoms with Crippen molar-refractivity contribution in [3.05, 3.63) is 89.2 Å². The standard InChI is InChI=1S/C20H14F3NO3/c21-14-8-4-5-9-15(14)24-19-13(20(25)26)10-16(17(22)18(19)23)27-11-12-6-2-1-3-7-12/h1-10,24H,11H2,(H,25,26). The maximum absolute atomic E-state index is 14.5. The van der Waals surface area contributed by atoms with Crippen LogP contribution in [0.25, 0.3) is 0 Å². The van der Waals surface area contributed by atoms with Crippen LogP contribution in [0.5, 0.6) is 5.75 Å². The molecule has 3 rings (SSSR count). The predicted molar refractivity (Wildman–Crippen MR) is 93.8 cm³/mol. The second kappa shape index (κ2) is 7.82. The fourth-order valence-electron chi connectivity index (χ4n) is 2.43. The normalized spacial score (nSPS) is 10.5. The van der Waals surface area contributed by atoms with Crippen molar-refractivity contribution < 1.29 is 27.8 Å². The summed E-state index contributed by atoms with van der Waals surface area (Å²) >= 11 is 0. The number of benzene rings is 3. The van der Waals surface area contributed by atoms with Gasteiger partial charge in [0.2, 0.25) is 5.82 Å². The van der Waals surface area contributed by atoms with Gasteiger partial charge in [-0.15, -0.1) is 0 Å². The van der Waals surface area contributed by atoms with Crippen LogP contribution < -0.4 is 10.1 Å². The molecule has 4 nitrogen and oxygen atoms in total. The van der Waals surface area contributed by atoms with Crippen molar-refractivity contribution >= 4 is 17.3 Å². The van der Waals surface area contributed by atoms with Gasteiger partial charge in [-0.2, -0.15) is 4.39 Å². The number of carbonyl (C=O) groups is 1. The Hall–Kier alpha value is -3.48. The Bertz CT molecular complexity index is 978. The number of hydrogen-bond acceptors (Lipinski definition) is 3. The molecule has 0 saturated carbocycles. The van der Waals surface area contributed by atoms with Gasteiger partial charge in [0, 0.05) is 6.07 Å². The fourth-order valence-corrected chi connectivity index (χ4v) is 2.43. The molecule has 138 valence electrons. The number of aromatic carboxylic acids is 1. The Kier molecular flexibility index (Phi) is 5.30. The molecule has 0 aliphatic rings. The first-order valence-electron chi connectivity index (χ1n) is 7.91. The van der Waals surface area contributed by atoms with Gasteiger partial charge >= 0.3 is 5.97 Å². The van der Waals surface area contributed by atoms with Gasteiger partial charge in [0.05, 0.1) is 16.9 Å². The van der Waals surface area contributed by atoms with Gasteiger partial charge in [0.15, 0.2) is 11.6 Å². The fraction of sp³-hybridized carbons (Fsp3) is 0.0500. The van der Waals surface area contributed by atoms with Gasteiger partial charge < -0.3 is 15.2 Å². The van der Waals surface area contributed by atoms with Crippen LogP contribution in [0, 0.1) is 17.5 Å². The van der Waals surface area contributed by atoms with Crippen LogP contribution in [0.4, 0.5) is 24.5 Å². The van der Waals surface area contributed by atoms with Gasteiger partial charge in [0.25, 0.3) is 0 Å². The number of carboxylic acids is 1. The summed E-state index contributed by atoms with van der Waals surface area (Å²) in [6.45, 7) is -0.0731. The van der Waals surface area contributed by atoms with E-state index in [4.69, 9.17) is 4.74 Å². The molecule has 0 aliphatic heterocycles. The first-order valence-corrected chi connectivity index (χ1v) is 7.91. The molecule has 2 N–H and O–H groups in total. The molecule has 0 atom stereocenters. The second-order valence-electron chi connectivity index (χ2n) is 5.61. The molecular weight excluding hydrogens is 359 g/mol. The van der Waals surface area contributed by atoms with Crippen molar-refractivity contribution in [2.75, 3.05) is 5.32 Å². The van der Waals surface area contributed by atoms with Crippen LogP contribution in [-0.2, 0) is 6.61 Å². The molecule has 0 heterocycles. The summed E-state index contributed by atoms with van der Waals surface area (Å²) in [4.78, 5) is 11.5. The minimum atomic E-state index is -1.52. The zero-order valence-electron chi connectivity index (χ0n) is 13.9. The minimum absolute atomic E-state index is 0.0731. The van der Waals surface area contributed by atoms with E-state index in [9.17, 15) is 23.1 Å². The quantitative estimate of drug-likeness (QED) is 0.629. The lowest BCUT2D eigenvalue weighted by Gasteiger charge is -2.15. The highest BCUT2D eigenvalue weighted by Gasteiger charge is 2.24. The topological polar surface area (TPSA) is 58.6 Å². The molecule has 0 spiro atoms. The third-order valence-corrected chi connectivity index (χ3v) is 3.77. The summed E-state index contributed by atoms with van der Waals surface area (Å²) in [6, 6.07) is 14.9. The molecular formula is C20H14F3NO3. The van der Waals surface area contributed by atoms with Gasteiger partial charge in [-0.25, -0.2) is 13.6 Å². The zero-order valence-corrected chi connectivity index (χ0v) is 13.9. The average molecular weight is 373 g/mol. The maximum atomic E-state index is 14.5. The average Bonchev–Trinajstić information content (AvgIpc) is 2.67. The SMILES string of the molecule is O=C(O)c1cc(OCc2ccccc2)c(F)c(F)c1Nc1ccccc1F. The van der Waals surface area contributed by atoms with Crippen molar-refractivity contribution in [3.8, 4) is 5.75 Å². The highest BCUT2D eigenvalue weighted by molar-refractivity contribution is 5.96. The van der Waals surface area contributed by atoms with Gasteiger partial charge in [-0.1, -0.05) is 42.5 Å². The number of ether oxygens (including phenoxy) is 1. The number of nitrogens with one attached hydrogen (secondary N) is 1. The van der Waals surface area contributed by atoms with E-state index in [1.54, 1.807) is 30.3 Å². The summed E-state index contributed by atoms with van der Waals surface area (Å²) in [5.41, 5.74) is -0.753. The van der Waals surface area contributed by atoms with Crippen molar-refractivity contribution in [1.29, 1.82) is 0 Å². The number of anilines is 2. The Morgan fingerprint density at radius 1 is 0.963 bits per heavy atom. The van der Waals surface area contributed by atoms with E-state index < -0.39 is 40.4 Å². The molecule has 7 heteroatoms. The van der Waals surface area contributed by atoms with Crippen molar-refractivity contribution in [2.24, 2.45) is 0 Å². The number of para-hydroxylation sites is 1. The number of halogens is 3. The van der Waals surface area contributed by atoms with Crippen LogP contribution in [-0.4, -0.2) is 11.1 Å². The van der Waals surface area contributed by atoms with Crippen molar-refractivity contribution in [1.82, 2.24) is 0 Å². The molecule has 0 unspecified atom stereocenters. The van der Waals surface area contributed by atoms with Crippen LogP contribution in [0.2, 0.25) is 0 Å². The van der Waals surface area contributed by atoms with Crippen molar-refractivity contribution in [3.63, 3.8) is 0 Å². The van der Waals surface area contributed by atoms with Gasteiger partial charge in [-0.3, -0.25) is 0 Å². The summed E-state index contributed by atoms with van der Waals surface area (Å²) < 4.78 is 47.9. The van der Waals surface area contributed by atoms with Crippen molar-refractivity contribution in [2.45, 2.75) is 6.61 Å². The smallest absolute Gasteiger partial charge is 0.338 e. The van der Waals surface area contributed by atoms with E-state index >= 15 is 0 Å². The Balaban J connectivity index is 1.96. The molecule has 0 aromatic heterocycles. The molecule has 0 aliphatic carbocycles. The monoisotopic (exact) mass is 373 g/mol. The van der Waals surface area contributed by atoms with Crippen LogP contribution >= 0.6 is 0 Å². The molecule has 27 heavy (non-hydrogen) atoms. The second-order valence-corrected chi connectivity index (χ2v) is 5.61. The molecule has 3 aromatic carbocycles. The first-order chi connectivity index (χ1) is 13.0. The predicted octanol–water partition coefficient (Wildman–Crippen LogP) is 5.12. The molecule has 0 radical (unpaired) electrons. The Morgan fingerprint density at radius 3 is 2.30 bits per heavy atom.